The number of carbonyl (C=O) groups excluding carboxylic acids is 1. The lowest BCUT2D eigenvalue weighted by Gasteiger charge is -2.13. The molecular weight excluding hydrogens is 476 g/mol. The third-order valence-corrected chi connectivity index (χ3v) is 7.66. The average Bonchev–Trinajstić information content (AvgIpc) is 3.55. The molecule has 2 unspecified atom stereocenters. The number of hydrogen-bond acceptors (Lipinski definition) is 4. The number of fused-ring (bicyclic) bond motifs is 2. The van der Waals surface area contributed by atoms with Gasteiger partial charge in [-0.05, 0) is 65.9 Å². The first kappa shape index (κ1) is 22.3. The number of rotatable bonds is 4. The van der Waals surface area contributed by atoms with Crippen LogP contribution in [0.4, 0.5) is 5.69 Å². The van der Waals surface area contributed by atoms with Crippen molar-refractivity contribution in [3.05, 3.63) is 100 Å². The van der Waals surface area contributed by atoms with Gasteiger partial charge < -0.3 is 15.5 Å². The van der Waals surface area contributed by atoms with E-state index in [1.54, 1.807) is 43.5 Å². The van der Waals surface area contributed by atoms with Crippen molar-refractivity contribution >= 4 is 29.2 Å². The molecule has 3 aromatic carbocycles. The van der Waals surface area contributed by atoms with Crippen molar-refractivity contribution in [2.24, 2.45) is 0 Å². The highest BCUT2D eigenvalue weighted by atomic mass is 35.5. The molecule has 1 fully saturated rings. The molecule has 178 valence electrons. The second kappa shape index (κ2) is 7.93. The number of pyridine rings is 1. The van der Waals surface area contributed by atoms with Crippen LogP contribution in [0.3, 0.4) is 0 Å². The van der Waals surface area contributed by atoms with Crippen LogP contribution in [0, 0.1) is 6.92 Å². The molecule has 0 saturated heterocycles. The molecule has 1 spiro atoms. The van der Waals surface area contributed by atoms with Gasteiger partial charge in [-0.25, -0.2) is 4.79 Å². The Kier molecular flexibility index (Phi) is 4.92. The number of anilines is 1. The van der Waals surface area contributed by atoms with E-state index in [0.29, 0.717) is 28.4 Å². The van der Waals surface area contributed by atoms with Crippen LogP contribution in [0.25, 0.3) is 22.4 Å². The molecule has 0 radical (unpaired) electrons. The minimum atomic E-state index is -0.975. The maximum absolute atomic E-state index is 13.2. The van der Waals surface area contributed by atoms with E-state index < -0.39 is 11.4 Å². The molecule has 0 bridgehead atoms. The monoisotopic (exact) mass is 496 g/mol. The van der Waals surface area contributed by atoms with E-state index in [-0.39, 0.29) is 23.1 Å². The minimum absolute atomic E-state index is 0.0888. The van der Waals surface area contributed by atoms with Crippen LogP contribution >= 0.6 is 11.6 Å². The molecule has 36 heavy (non-hydrogen) atoms. The van der Waals surface area contributed by atoms with E-state index in [1.807, 2.05) is 36.4 Å². The number of carboxylic acids is 1. The molecule has 4 aromatic rings. The molecule has 1 aliphatic carbocycles. The van der Waals surface area contributed by atoms with Crippen molar-refractivity contribution in [3.63, 3.8) is 0 Å². The number of aromatic carboxylic acids is 1. The number of nitrogens with zero attached hydrogens (tertiary/aromatic N) is 1. The van der Waals surface area contributed by atoms with E-state index in [9.17, 15) is 19.8 Å². The van der Waals surface area contributed by atoms with Gasteiger partial charge in [0.2, 0.25) is 5.91 Å². The first-order valence-corrected chi connectivity index (χ1v) is 11.9. The highest BCUT2D eigenvalue weighted by Crippen LogP contribution is 2.65. The van der Waals surface area contributed by atoms with Gasteiger partial charge in [-0.15, -0.1) is 0 Å². The first-order chi connectivity index (χ1) is 17.3. The predicted octanol–water partition coefficient (Wildman–Crippen LogP) is 6.16. The molecule has 1 saturated carbocycles. The van der Waals surface area contributed by atoms with Gasteiger partial charge in [-0.1, -0.05) is 48.0 Å². The summed E-state index contributed by atoms with van der Waals surface area (Å²) in [5.74, 6) is -1.07. The van der Waals surface area contributed by atoms with Crippen LogP contribution in [-0.4, -0.2) is 27.1 Å². The fourth-order valence-electron chi connectivity index (χ4n) is 5.35. The van der Waals surface area contributed by atoms with E-state index in [2.05, 4.69) is 10.3 Å². The number of nitrogens with one attached hydrogen (secondary N) is 1. The summed E-state index contributed by atoms with van der Waals surface area (Å²) >= 11 is 6.64. The summed E-state index contributed by atoms with van der Waals surface area (Å²) in [5, 5.41) is 23.2. The molecule has 1 aliphatic heterocycles. The molecule has 2 heterocycles. The van der Waals surface area contributed by atoms with Crippen molar-refractivity contribution in [2.75, 3.05) is 5.32 Å². The van der Waals surface area contributed by atoms with Crippen LogP contribution in [0.15, 0.2) is 72.9 Å². The largest absolute Gasteiger partial charge is 0.506 e. The van der Waals surface area contributed by atoms with Crippen LogP contribution in [0.2, 0.25) is 5.02 Å². The Morgan fingerprint density at radius 3 is 2.56 bits per heavy atom. The first-order valence-electron chi connectivity index (χ1n) is 11.5. The highest BCUT2D eigenvalue weighted by molar-refractivity contribution is 6.34. The Morgan fingerprint density at radius 1 is 1.08 bits per heavy atom. The number of hydrogen-bond donors (Lipinski definition) is 3. The molecular formula is C29H21ClN2O4. The number of halogens is 1. The number of carboxylic acid groups (broad SMARTS) is 1. The van der Waals surface area contributed by atoms with Crippen molar-refractivity contribution < 1.29 is 19.8 Å². The molecule has 7 heteroatoms. The summed E-state index contributed by atoms with van der Waals surface area (Å²) in [6.07, 6.45) is 2.23. The fourth-order valence-corrected chi connectivity index (χ4v) is 5.62. The summed E-state index contributed by atoms with van der Waals surface area (Å²) < 4.78 is 0. The number of benzene rings is 3. The summed E-state index contributed by atoms with van der Waals surface area (Å²) in [6.45, 7) is 1.77. The van der Waals surface area contributed by atoms with Gasteiger partial charge >= 0.3 is 5.97 Å². The van der Waals surface area contributed by atoms with E-state index >= 15 is 0 Å². The van der Waals surface area contributed by atoms with Crippen molar-refractivity contribution in [1.29, 1.82) is 0 Å². The zero-order valence-electron chi connectivity index (χ0n) is 19.2. The summed E-state index contributed by atoms with van der Waals surface area (Å²) in [7, 11) is 0. The van der Waals surface area contributed by atoms with Crippen LogP contribution in [0.1, 0.15) is 39.4 Å². The van der Waals surface area contributed by atoms with Gasteiger partial charge in [0.15, 0.2) is 0 Å². The Labute approximate surface area is 212 Å². The van der Waals surface area contributed by atoms with Crippen LogP contribution < -0.4 is 5.32 Å². The fraction of sp³-hybridized carbons (Fsp3) is 0.138. The molecule has 6 rings (SSSR count). The highest BCUT2D eigenvalue weighted by Gasteiger charge is 2.65. The third kappa shape index (κ3) is 3.29. The smallest absolute Gasteiger partial charge is 0.335 e. The Hall–Kier alpha value is -4.16. The molecule has 6 nitrogen and oxygen atoms in total. The molecule has 2 aliphatic rings. The van der Waals surface area contributed by atoms with Crippen molar-refractivity contribution in [2.45, 2.75) is 24.7 Å². The zero-order chi connectivity index (χ0) is 25.2. The van der Waals surface area contributed by atoms with Gasteiger partial charge in [0.1, 0.15) is 11.4 Å². The van der Waals surface area contributed by atoms with E-state index in [1.165, 1.54) is 0 Å². The second-order valence-corrected chi connectivity index (χ2v) is 9.80. The van der Waals surface area contributed by atoms with E-state index in [4.69, 9.17) is 11.6 Å². The van der Waals surface area contributed by atoms with Crippen molar-refractivity contribution in [3.8, 4) is 28.1 Å². The average molecular weight is 497 g/mol. The third-order valence-electron chi connectivity index (χ3n) is 7.35. The molecule has 1 amide bonds. The topological polar surface area (TPSA) is 99.5 Å². The van der Waals surface area contributed by atoms with Crippen LogP contribution in [-0.2, 0) is 10.2 Å². The normalized spacial score (nSPS) is 19.7. The van der Waals surface area contributed by atoms with Gasteiger partial charge in [-0.3, -0.25) is 9.78 Å². The summed E-state index contributed by atoms with van der Waals surface area (Å²) in [6, 6.07) is 20.0. The number of aryl methyl sites for hydroxylation is 1. The molecule has 1 aromatic heterocycles. The SMILES string of the molecule is Cc1ccc(C2CC23C(=O)Nc2cc(Cl)c(-c4ccc(-c5ncccc5O)cc4)cc23)cc1C(=O)O. The maximum atomic E-state index is 13.2. The Balaban J connectivity index is 1.38. The quantitative estimate of drug-likeness (QED) is 0.314. The number of aromatic nitrogens is 1. The lowest BCUT2D eigenvalue weighted by Crippen LogP contribution is -2.21. The predicted molar refractivity (Wildman–Crippen MR) is 138 cm³/mol. The minimum Gasteiger partial charge on any atom is -0.506 e. The van der Waals surface area contributed by atoms with Crippen LogP contribution in [0.5, 0.6) is 5.75 Å². The standard InChI is InChI=1S/C29H21ClN2O4/c1-15-4-5-18(11-19(15)27(34)35)22-14-29(22)21-12-20(23(30)13-24(21)32-28(29)36)16-6-8-17(9-7-16)26-25(33)3-2-10-31-26/h2-13,22,33H,14H2,1H3,(H,32,36)(H,34,35). The number of carbonyl (C=O) groups is 2. The van der Waals surface area contributed by atoms with E-state index in [0.717, 1.165) is 27.8 Å². The maximum Gasteiger partial charge on any atom is 0.335 e. The van der Waals surface area contributed by atoms with Gasteiger partial charge in [0, 0.05) is 28.9 Å². The lowest BCUT2D eigenvalue weighted by molar-refractivity contribution is -0.118. The molecule has 2 atom stereocenters. The van der Waals surface area contributed by atoms with Gasteiger partial charge in [0.05, 0.1) is 16.0 Å². The van der Waals surface area contributed by atoms with Gasteiger partial charge in [-0.2, -0.15) is 0 Å². The summed E-state index contributed by atoms with van der Waals surface area (Å²) in [4.78, 5) is 29.1. The molecule has 3 N–H and O–H groups in total. The number of aromatic hydroxyl groups is 1. The Morgan fingerprint density at radius 2 is 1.83 bits per heavy atom. The zero-order valence-corrected chi connectivity index (χ0v) is 20.0. The summed E-state index contributed by atoms with van der Waals surface area (Å²) in [5.41, 5.74) is 5.56. The number of amides is 1. The second-order valence-electron chi connectivity index (χ2n) is 9.39. The Bertz CT molecular complexity index is 1580. The lowest BCUT2D eigenvalue weighted by atomic mass is 9.89. The van der Waals surface area contributed by atoms with Crippen molar-refractivity contribution in [1.82, 2.24) is 4.98 Å². The van der Waals surface area contributed by atoms with Gasteiger partial charge in [0.25, 0.3) is 0 Å².